The van der Waals surface area contributed by atoms with Crippen LogP contribution in [0, 0.1) is 13.8 Å². The lowest BCUT2D eigenvalue weighted by Crippen LogP contribution is -2.49. The molecular weight excluding hydrogens is 434 g/mol. The molecule has 0 saturated heterocycles. The van der Waals surface area contributed by atoms with Crippen molar-refractivity contribution in [3.8, 4) is 0 Å². The van der Waals surface area contributed by atoms with E-state index in [1.807, 2.05) is 32.0 Å². The van der Waals surface area contributed by atoms with Crippen molar-refractivity contribution in [2.75, 3.05) is 11.4 Å². The third-order valence-corrected chi connectivity index (χ3v) is 5.92. The molecule has 2 N–H and O–H groups in total. The Bertz CT molecular complexity index is 1110. The molecule has 0 bridgehead atoms. The van der Waals surface area contributed by atoms with E-state index in [1.54, 1.807) is 18.2 Å². The third kappa shape index (κ3) is 5.39. The number of hydrogen-bond acceptors (Lipinski definition) is 5. The molecule has 1 fully saturated rings. The molecule has 178 valence electrons. The molecule has 1 atom stereocenters. The Morgan fingerprint density at radius 2 is 1.68 bits per heavy atom. The molecule has 1 aliphatic carbocycles. The maximum absolute atomic E-state index is 13.6. The van der Waals surface area contributed by atoms with Gasteiger partial charge in [0, 0.05) is 11.7 Å². The van der Waals surface area contributed by atoms with Gasteiger partial charge in [0.15, 0.2) is 11.8 Å². The Balaban J connectivity index is 1.67. The number of aryl methyl sites for hydroxylation is 2. The first-order valence-electron chi connectivity index (χ1n) is 11.5. The van der Waals surface area contributed by atoms with Gasteiger partial charge in [-0.15, -0.1) is 0 Å². The number of furan rings is 2. The molecule has 0 spiro atoms. The van der Waals surface area contributed by atoms with Gasteiger partial charge in [0.25, 0.3) is 11.8 Å². The highest BCUT2D eigenvalue weighted by atomic mass is 16.3. The number of hydrogen-bond donors (Lipinski definition) is 2. The summed E-state index contributed by atoms with van der Waals surface area (Å²) < 4.78 is 10.7. The predicted molar refractivity (Wildman–Crippen MR) is 126 cm³/mol. The smallest absolute Gasteiger partial charge is 0.287 e. The Morgan fingerprint density at radius 3 is 2.29 bits per heavy atom. The van der Waals surface area contributed by atoms with Gasteiger partial charge in [0.1, 0.15) is 5.76 Å². The molecule has 0 radical (unpaired) electrons. The van der Waals surface area contributed by atoms with Crippen molar-refractivity contribution in [2.45, 2.75) is 51.6 Å². The predicted octanol–water partition coefficient (Wildman–Crippen LogP) is 4.05. The fourth-order valence-corrected chi connectivity index (χ4v) is 4.43. The second-order valence-corrected chi connectivity index (χ2v) is 8.68. The SMILES string of the molecule is Cc1cc(C)cc(N(C(=O)CNC(=O)c2ccco2)[C@H](C(=O)NC2CCCC2)c2ccco2)c1. The minimum Gasteiger partial charge on any atom is -0.467 e. The molecule has 0 unspecified atom stereocenters. The molecule has 2 aromatic heterocycles. The van der Waals surface area contributed by atoms with Crippen LogP contribution < -0.4 is 15.5 Å². The Hall–Kier alpha value is -3.81. The van der Waals surface area contributed by atoms with Gasteiger partial charge < -0.3 is 19.5 Å². The maximum Gasteiger partial charge on any atom is 0.287 e. The second kappa shape index (κ2) is 10.4. The number of benzene rings is 1. The van der Waals surface area contributed by atoms with Crippen LogP contribution in [0.5, 0.6) is 0 Å². The second-order valence-electron chi connectivity index (χ2n) is 8.68. The molecule has 2 heterocycles. The molecule has 8 nitrogen and oxygen atoms in total. The maximum atomic E-state index is 13.6. The highest BCUT2D eigenvalue weighted by Crippen LogP contribution is 2.31. The third-order valence-electron chi connectivity index (χ3n) is 5.92. The van der Waals surface area contributed by atoms with Gasteiger partial charge in [-0.1, -0.05) is 18.9 Å². The highest BCUT2D eigenvalue weighted by molar-refractivity contribution is 6.04. The Kier molecular flexibility index (Phi) is 7.15. The zero-order valence-corrected chi connectivity index (χ0v) is 19.4. The summed E-state index contributed by atoms with van der Waals surface area (Å²) >= 11 is 0. The molecule has 1 aliphatic rings. The topological polar surface area (TPSA) is 105 Å². The van der Waals surface area contributed by atoms with E-state index >= 15 is 0 Å². The van der Waals surface area contributed by atoms with Crippen LogP contribution in [0.2, 0.25) is 0 Å². The number of amides is 3. The Labute approximate surface area is 198 Å². The minimum absolute atomic E-state index is 0.0693. The lowest BCUT2D eigenvalue weighted by Gasteiger charge is -2.31. The van der Waals surface area contributed by atoms with Crippen molar-refractivity contribution in [3.63, 3.8) is 0 Å². The largest absolute Gasteiger partial charge is 0.467 e. The molecule has 0 aliphatic heterocycles. The van der Waals surface area contributed by atoms with Crippen LogP contribution in [0.1, 0.15) is 59.2 Å². The van der Waals surface area contributed by atoms with Crippen molar-refractivity contribution in [2.24, 2.45) is 0 Å². The average Bonchev–Trinajstić information content (AvgIpc) is 3.58. The zero-order valence-electron chi connectivity index (χ0n) is 19.4. The molecule has 3 amide bonds. The normalized spacial score (nSPS) is 14.5. The number of anilines is 1. The van der Waals surface area contributed by atoms with Crippen LogP contribution in [-0.2, 0) is 9.59 Å². The van der Waals surface area contributed by atoms with Crippen molar-refractivity contribution < 1.29 is 23.2 Å². The van der Waals surface area contributed by atoms with Crippen LogP contribution in [0.15, 0.2) is 63.8 Å². The molecular formula is C26H29N3O5. The van der Waals surface area contributed by atoms with Gasteiger partial charge in [0.2, 0.25) is 5.91 Å². The van der Waals surface area contributed by atoms with Gasteiger partial charge in [-0.25, -0.2) is 0 Å². The summed E-state index contributed by atoms with van der Waals surface area (Å²) in [5.41, 5.74) is 2.45. The molecule has 3 aromatic rings. The summed E-state index contributed by atoms with van der Waals surface area (Å²) in [6.45, 7) is 3.54. The van der Waals surface area contributed by atoms with Crippen LogP contribution in [0.3, 0.4) is 0 Å². The first kappa shape index (κ1) is 23.4. The van der Waals surface area contributed by atoms with Gasteiger partial charge in [-0.05, 0) is 74.2 Å². The lowest BCUT2D eigenvalue weighted by molar-refractivity contribution is -0.127. The van der Waals surface area contributed by atoms with E-state index in [0.29, 0.717) is 11.4 Å². The van der Waals surface area contributed by atoms with Gasteiger partial charge in [0.05, 0.1) is 19.1 Å². The average molecular weight is 464 g/mol. The number of carbonyl (C=O) groups is 3. The fraction of sp³-hybridized carbons (Fsp3) is 0.346. The number of nitrogens with one attached hydrogen (secondary N) is 2. The van der Waals surface area contributed by atoms with Crippen molar-refractivity contribution >= 4 is 23.4 Å². The van der Waals surface area contributed by atoms with Gasteiger partial charge in [-0.2, -0.15) is 0 Å². The fourth-order valence-electron chi connectivity index (χ4n) is 4.43. The first-order chi connectivity index (χ1) is 16.4. The van der Waals surface area contributed by atoms with Crippen LogP contribution in [0.25, 0.3) is 0 Å². The summed E-state index contributed by atoms with van der Waals surface area (Å²) in [5, 5.41) is 5.68. The van der Waals surface area contributed by atoms with E-state index in [4.69, 9.17) is 8.83 Å². The van der Waals surface area contributed by atoms with E-state index < -0.39 is 17.9 Å². The summed E-state index contributed by atoms with van der Waals surface area (Å²) in [4.78, 5) is 40.9. The summed E-state index contributed by atoms with van der Waals surface area (Å²) in [6, 6.07) is 11.2. The summed E-state index contributed by atoms with van der Waals surface area (Å²) in [7, 11) is 0. The van der Waals surface area contributed by atoms with E-state index in [2.05, 4.69) is 10.6 Å². The van der Waals surface area contributed by atoms with Crippen LogP contribution in [-0.4, -0.2) is 30.3 Å². The van der Waals surface area contributed by atoms with E-state index in [1.165, 1.54) is 23.5 Å². The summed E-state index contributed by atoms with van der Waals surface area (Å²) in [6.07, 6.45) is 6.82. The van der Waals surface area contributed by atoms with E-state index in [-0.39, 0.29) is 24.3 Å². The molecule has 1 saturated carbocycles. The van der Waals surface area contributed by atoms with E-state index in [9.17, 15) is 14.4 Å². The summed E-state index contributed by atoms with van der Waals surface area (Å²) in [5.74, 6) is -0.823. The number of carbonyl (C=O) groups excluding carboxylic acids is 3. The lowest BCUT2D eigenvalue weighted by atomic mass is 10.1. The Morgan fingerprint density at radius 1 is 1.00 bits per heavy atom. The monoisotopic (exact) mass is 463 g/mol. The van der Waals surface area contributed by atoms with Crippen molar-refractivity contribution in [1.82, 2.24) is 10.6 Å². The number of nitrogens with zero attached hydrogens (tertiary/aromatic N) is 1. The van der Waals surface area contributed by atoms with E-state index in [0.717, 1.165) is 36.8 Å². The van der Waals surface area contributed by atoms with Gasteiger partial charge in [-0.3, -0.25) is 19.3 Å². The molecule has 34 heavy (non-hydrogen) atoms. The molecule has 8 heteroatoms. The van der Waals surface area contributed by atoms with Crippen molar-refractivity contribution in [3.05, 3.63) is 77.6 Å². The standard InChI is InChI=1S/C26H29N3O5/c1-17-13-18(2)15-20(14-17)29(23(30)16-27-25(31)22-10-6-12-34-22)24(21-9-5-11-33-21)26(32)28-19-7-3-4-8-19/h5-6,9-15,19,24H,3-4,7-8,16H2,1-2H3,(H,27,31)(H,28,32)/t24-/m0/s1. The number of rotatable bonds is 8. The highest BCUT2D eigenvalue weighted by Gasteiger charge is 2.36. The zero-order chi connectivity index (χ0) is 24.1. The van der Waals surface area contributed by atoms with Crippen molar-refractivity contribution in [1.29, 1.82) is 0 Å². The minimum atomic E-state index is -1.02. The van der Waals surface area contributed by atoms with Crippen LogP contribution >= 0.6 is 0 Å². The van der Waals surface area contributed by atoms with Gasteiger partial charge >= 0.3 is 0 Å². The first-order valence-corrected chi connectivity index (χ1v) is 11.5. The van der Waals surface area contributed by atoms with Crippen LogP contribution in [0.4, 0.5) is 5.69 Å². The quantitative estimate of drug-likeness (QED) is 0.524. The molecule has 1 aromatic carbocycles. The molecule has 4 rings (SSSR count).